The molecule has 0 unspecified atom stereocenters. The summed E-state index contributed by atoms with van der Waals surface area (Å²) in [5.41, 5.74) is -0.000657. The highest BCUT2D eigenvalue weighted by molar-refractivity contribution is 6.18. The molecule has 9 nitrogen and oxygen atoms in total. The topological polar surface area (TPSA) is 119 Å². The first kappa shape index (κ1) is 25.0. The number of nitrogens with zero attached hydrogens (tertiary/aromatic N) is 1. The predicted octanol–water partition coefficient (Wildman–Crippen LogP) is 2.10. The van der Waals surface area contributed by atoms with Gasteiger partial charge in [0.2, 0.25) is 12.2 Å². The molecular formula is C17H17ClF3NO8. The molecule has 0 saturated carbocycles. The average molecular weight is 456 g/mol. The third-order valence-corrected chi connectivity index (χ3v) is 3.47. The molecule has 0 spiro atoms. The van der Waals surface area contributed by atoms with Gasteiger partial charge < -0.3 is 24.2 Å². The molecule has 0 aliphatic heterocycles. The van der Waals surface area contributed by atoms with Gasteiger partial charge in [-0.1, -0.05) is 0 Å². The maximum absolute atomic E-state index is 12.9. The second kappa shape index (κ2) is 10.7. The minimum atomic E-state index is -4.92. The van der Waals surface area contributed by atoms with Crippen molar-refractivity contribution in [3.63, 3.8) is 0 Å². The Labute approximate surface area is 173 Å². The van der Waals surface area contributed by atoms with E-state index in [4.69, 9.17) is 16.3 Å². The Bertz CT molecular complexity index is 784. The van der Waals surface area contributed by atoms with Crippen LogP contribution in [0, 0.1) is 0 Å². The molecule has 1 rings (SSSR count). The third kappa shape index (κ3) is 7.78. The minimum absolute atomic E-state index is 0.000657. The van der Waals surface area contributed by atoms with Gasteiger partial charge in [0.05, 0.1) is 0 Å². The molecule has 13 heteroatoms. The number of carbonyl (C=O) groups excluding carboxylic acids is 3. The summed E-state index contributed by atoms with van der Waals surface area (Å²) in [5.74, 6) is -5.70. The Morgan fingerprint density at radius 3 is 1.93 bits per heavy atom. The molecule has 2 atom stereocenters. The van der Waals surface area contributed by atoms with E-state index >= 15 is 0 Å². The molecule has 0 saturated heterocycles. The number of alkyl halides is 4. The molecule has 166 valence electrons. The van der Waals surface area contributed by atoms with Crippen LogP contribution in [0.25, 0.3) is 0 Å². The van der Waals surface area contributed by atoms with Crippen LogP contribution in [0.1, 0.15) is 13.8 Å². The summed E-state index contributed by atoms with van der Waals surface area (Å²) in [6.07, 6.45) is -9.16. The smallest absolute Gasteiger partial charge is 0.478 e. The second-order valence-corrected chi connectivity index (χ2v) is 6.00. The van der Waals surface area contributed by atoms with E-state index in [-0.39, 0.29) is 18.1 Å². The fourth-order valence-corrected chi connectivity index (χ4v) is 2.44. The van der Waals surface area contributed by atoms with E-state index in [1.165, 1.54) is 0 Å². The average Bonchev–Trinajstić information content (AvgIpc) is 2.61. The lowest BCUT2D eigenvalue weighted by Gasteiger charge is -2.29. The Kier molecular flexibility index (Phi) is 8.90. The zero-order chi connectivity index (χ0) is 23.1. The van der Waals surface area contributed by atoms with Crippen LogP contribution in [0.2, 0.25) is 0 Å². The maximum Gasteiger partial charge on any atom is 0.573 e. The SMILES string of the molecule is CC(=O)O[C@@H](C(=O)O)[C@@H](OC(C)=O)C(=O)N(CCCl)c1ccc(OC(F)(F)F)cc1. The summed E-state index contributed by atoms with van der Waals surface area (Å²) >= 11 is 5.67. The lowest BCUT2D eigenvalue weighted by atomic mass is 10.1. The highest BCUT2D eigenvalue weighted by atomic mass is 35.5. The van der Waals surface area contributed by atoms with Gasteiger partial charge in [0.15, 0.2) is 0 Å². The van der Waals surface area contributed by atoms with Crippen LogP contribution in [-0.4, -0.2) is 59.9 Å². The van der Waals surface area contributed by atoms with Crippen LogP contribution >= 0.6 is 11.6 Å². The fraction of sp³-hybridized carbons (Fsp3) is 0.412. The number of rotatable bonds is 9. The van der Waals surface area contributed by atoms with Crippen molar-refractivity contribution in [3.05, 3.63) is 24.3 Å². The highest BCUT2D eigenvalue weighted by Gasteiger charge is 2.42. The Morgan fingerprint density at radius 2 is 1.53 bits per heavy atom. The van der Waals surface area contributed by atoms with Gasteiger partial charge in [-0.2, -0.15) is 0 Å². The molecule has 1 aromatic rings. The van der Waals surface area contributed by atoms with Crippen LogP contribution < -0.4 is 9.64 Å². The van der Waals surface area contributed by atoms with Crippen LogP contribution in [0.4, 0.5) is 18.9 Å². The molecule has 1 N–H and O–H groups in total. The summed E-state index contributed by atoms with van der Waals surface area (Å²) in [6.45, 7) is 1.56. The maximum atomic E-state index is 12.9. The van der Waals surface area contributed by atoms with Gasteiger partial charge in [-0.05, 0) is 24.3 Å². The molecular weight excluding hydrogens is 439 g/mol. The van der Waals surface area contributed by atoms with Gasteiger partial charge in [0, 0.05) is 32.0 Å². The van der Waals surface area contributed by atoms with Gasteiger partial charge in [-0.3, -0.25) is 14.4 Å². The third-order valence-electron chi connectivity index (χ3n) is 3.30. The normalized spacial score (nSPS) is 13.0. The van der Waals surface area contributed by atoms with E-state index in [2.05, 4.69) is 9.47 Å². The van der Waals surface area contributed by atoms with Gasteiger partial charge in [0.25, 0.3) is 5.91 Å². The van der Waals surface area contributed by atoms with Gasteiger partial charge in [0.1, 0.15) is 5.75 Å². The van der Waals surface area contributed by atoms with Crippen molar-refractivity contribution in [2.24, 2.45) is 0 Å². The molecule has 0 fully saturated rings. The number of hydrogen-bond donors (Lipinski definition) is 1. The lowest BCUT2D eigenvalue weighted by Crippen LogP contribution is -2.52. The van der Waals surface area contributed by atoms with Crippen LogP contribution in [-0.2, 0) is 28.7 Å². The van der Waals surface area contributed by atoms with Gasteiger partial charge >= 0.3 is 24.3 Å². The summed E-state index contributed by atoms with van der Waals surface area (Å²) in [6, 6.07) is 3.99. The van der Waals surface area contributed by atoms with Gasteiger partial charge in [-0.15, -0.1) is 24.8 Å². The second-order valence-electron chi connectivity index (χ2n) is 5.62. The molecule has 0 bridgehead atoms. The van der Waals surface area contributed by atoms with E-state index in [1.54, 1.807) is 0 Å². The van der Waals surface area contributed by atoms with Crippen LogP contribution in [0.15, 0.2) is 24.3 Å². The fourth-order valence-electron chi connectivity index (χ4n) is 2.27. The number of amides is 1. The van der Waals surface area contributed by atoms with Crippen molar-refractivity contribution in [1.29, 1.82) is 0 Å². The molecule has 1 amide bonds. The molecule has 0 aliphatic rings. The predicted molar refractivity (Wildman–Crippen MR) is 94.9 cm³/mol. The Balaban J connectivity index is 3.28. The number of benzene rings is 1. The number of halogens is 4. The molecule has 30 heavy (non-hydrogen) atoms. The number of hydrogen-bond acceptors (Lipinski definition) is 7. The van der Waals surface area contributed by atoms with E-state index in [0.29, 0.717) is 0 Å². The molecule has 0 radical (unpaired) electrons. The number of carboxylic acids is 1. The number of ether oxygens (including phenoxy) is 3. The van der Waals surface area contributed by atoms with E-state index in [9.17, 15) is 37.5 Å². The molecule has 0 aromatic heterocycles. The number of anilines is 1. The van der Waals surface area contributed by atoms with E-state index in [0.717, 1.165) is 43.0 Å². The first-order valence-electron chi connectivity index (χ1n) is 8.16. The summed E-state index contributed by atoms with van der Waals surface area (Å²) in [4.78, 5) is 47.9. The Morgan fingerprint density at radius 1 is 1.03 bits per heavy atom. The largest absolute Gasteiger partial charge is 0.573 e. The number of carbonyl (C=O) groups is 4. The summed E-state index contributed by atoms with van der Waals surface area (Å²) in [7, 11) is 0. The Hall–Kier alpha value is -3.02. The minimum Gasteiger partial charge on any atom is -0.478 e. The van der Waals surface area contributed by atoms with Crippen LogP contribution in [0.3, 0.4) is 0 Å². The van der Waals surface area contributed by atoms with Crippen molar-refractivity contribution in [2.45, 2.75) is 32.4 Å². The zero-order valence-corrected chi connectivity index (χ0v) is 16.4. The van der Waals surface area contributed by atoms with E-state index in [1.807, 2.05) is 0 Å². The molecule has 1 aromatic carbocycles. The lowest BCUT2D eigenvalue weighted by molar-refractivity contribution is -0.274. The van der Waals surface area contributed by atoms with Crippen molar-refractivity contribution in [3.8, 4) is 5.75 Å². The van der Waals surface area contributed by atoms with Crippen LogP contribution in [0.5, 0.6) is 5.75 Å². The first-order chi connectivity index (χ1) is 13.9. The van der Waals surface area contributed by atoms with Crippen molar-refractivity contribution < 1.29 is 51.7 Å². The zero-order valence-electron chi connectivity index (χ0n) is 15.6. The monoisotopic (exact) mass is 455 g/mol. The molecule has 0 heterocycles. The first-order valence-corrected chi connectivity index (χ1v) is 8.69. The van der Waals surface area contributed by atoms with Crippen molar-refractivity contribution in [1.82, 2.24) is 0 Å². The molecule has 0 aliphatic carbocycles. The van der Waals surface area contributed by atoms with Crippen molar-refractivity contribution in [2.75, 3.05) is 17.3 Å². The van der Waals surface area contributed by atoms with Gasteiger partial charge in [-0.25, -0.2) is 4.79 Å². The standard InChI is InChI=1S/C17H17ClF3NO8/c1-9(23)28-13(14(16(26)27)29-10(2)24)15(25)22(8-7-18)11-3-5-12(6-4-11)30-17(19,20)21/h3-6,13-14H,7-8H2,1-2H3,(H,26,27)/t13-,14-/m1/s1. The van der Waals surface area contributed by atoms with Crippen molar-refractivity contribution >= 4 is 41.1 Å². The number of aliphatic carboxylic acids is 1. The highest BCUT2D eigenvalue weighted by Crippen LogP contribution is 2.26. The number of esters is 2. The summed E-state index contributed by atoms with van der Waals surface area (Å²) < 4.78 is 50.0. The number of carboxylic acid groups (broad SMARTS) is 1. The summed E-state index contributed by atoms with van der Waals surface area (Å²) in [5, 5.41) is 9.29. The van der Waals surface area contributed by atoms with E-state index < -0.39 is 48.1 Å². The quantitative estimate of drug-likeness (QED) is 0.444.